The summed E-state index contributed by atoms with van der Waals surface area (Å²) < 4.78 is 19.9. The van der Waals surface area contributed by atoms with Crippen molar-refractivity contribution in [2.75, 3.05) is 0 Å². The molecule has 2 saturated heterocycles. The van der Waals surface area contributed by atoms with Gasteiger partial charge in [-0.1, -0.05) is 242 Å². The molecular formula is C95H178N6O3S. The summed E-state index contributed by atoms with van der Waals surface area (Å²) in [6.07, 6.45) is 0.212. The molecule has 0 aliphatic carbocycles. The lowest BCUT2D eigenvalue weighted by Gasteiger charge is -2.41. The molecule has 0 N–H and O–H groups in total. The van der Waals surface area contributed by atoms with Gasteiger partial charge in [0.2, 0.25) is 0 Å². The molecule has 4 aromatic rings. The van der Waals surface area contributed by atoms with E-state index >= 15 is 0 Å². The number of aromatic nitrogens is 3. The Labute approximate surface area is 658 Å². The Morgan fingerprint density at radius 1 is 0.343 bits per heavy atom. The molecule has 105 heavy (non-hydrogen) atoms. The molecule has 10 atom stereocenters. The van der Waals surface area contributed by atoms with E-state index in [0.717, 1.165) is 58.4 Å². The maximum Gasteiger partial charge on any atom is 0.200 e. The molecule has 2 fully saturated rings. The Kier molecular flexibility index (Phi) is 32.3. The first-order chi connectivity index (χ1) is 45.8. The largest absolute Gasteiger partial charge is 0.475 e. The summed E-state index contributed by atoms with van der Waals surface area (Å²) in [7, 11) is 0. The van der Waals surface area contributed by atoms with Crippen LogP contribution in [0.3, 0.4) is 0 Å². The summed E-state index contributed by atoms with van der Waals surface area (Å²) in [5.74, 6) is 8.05. The van der Waals surface area contributed by atoms with Crippen molar-refractivity contribution in [3.05, 3.63) is 78.1 Å². The molecule has 9 nitrogen and oxygen atoms in total. The van der Waals surface area contributed by atoms with E-state index in [0.29, 0.717) is 35.0 Å². The SMILES string of the molecule is CC1C(C)N(C(C)(C)C)C(C)C1C(C)(C)C.CC1C(C)N(C(C)(C)C)C(C)C1C(C)(C)C.CC1OC(C(C)(C)C)=NC1C(C)(C)C.Cc1c(C(C)(C)C)c(C)n(C(C)(C)C)c1C.Cc1oc(C(C)(C)C)c(C)c1C(C)(C)C.Cc1oc(C(C)(C)C)nc1C(C)(C)C.Cc1sc(C(C)(C)C)nc1C(C)(C)C. The van der Waals surface area contributed by atoms with Gasteiger partial charge in [-0.3, -0.25) is 9.80 Å². The zero-order valence-electron chi connectivity index (χ0n) is 80.6. The third-order valence-corrected chi connectivity index (χ3v) is 23.3. The number of aliphatic imine (C=N–C) groups is 1. The van der Waals surface area contributed by atoms with Crippen LogP contribution in [0.5, 0.6) is 0 Å². The summed E-state index contributed by atoms with van der Waals surface area (Å²) in [5.41, 5.74) is 13.5. The molecule has 10 unspecified atom stereocenters. The number of rotatable bonds is 0. The van der Waals surface area contributed by atoms with Gasteiger partial charge in [-0.05, 0) is 213 Å². The topological polar surface area (TPSA) is 85.1 Å². The smallest absolute Gasteiger partial charge is 0.200 e. The van der Waals surface area contributed by atoms with Gasteiger partial charge in [0.05, 0.1) is 22.4 Å². The van der Waals surface area contributed by atoms with Crippen molar-refractivity contribution in [1.29, 1.82) is 0 Å². The lowest BCUT2D eigenvalue weighted by atomic mass is 9.71. The van der Waals surface area contributed by atoms with Gasteiger partial charge in [0.1, 0.15) is 23.4 Å². The van der Waals surface area contributed by atoms with E-state index in [9.17, 15) is 0 Å². The van der Waals surface area contributed by atoms with E-state index in [1.165, 1.54) is 49.2 Å². The van der Waals surface area contributed by atoms with E-state index < -0.39 is 0 Å². The second-order valence-electron chi connectivity index (χ2n) is 47.2. The molecule has 0 saturated carbocycles. The highest BCUT2D eigenvalue weighted by atomic mass is 32.1. The number of ether oxygens (including phenoxy) is 1. The second kappa shape index (κ2) is 34.0. The molecule has 7 rings (SSSR count). The van der Waals surface area contributed by atoms with Crippen LogP contribution in [0.1, 0.15) is 417 Å². The minimum Gasteiger partial charge on any atom is -0.475 e. The van der Waals surface area contributed by atoms with Crippen molar-refractivity contribution in [1.82, 2.24) is 24.3 Å². The molecule has 0 aromatic carbocycles. The molecule has 4 aromatic heterocycles. The van der Waals surface area contributed by atoms with Crippen molar-refractivity contribution < 1.29 is 13.6 Å². The van der Waals surface area contributed by atoms with Crippen molar-refractivity contribution in [3.63, 3.8) is 0 Å². The number of oxazole rings is 1. The lowest BCUT2D eigenvalue weighted by molar-refractivity contribution is 0.0671. The molecule has 7 heterocycles. The van der Waals surface area contributed by atoms with Crippen LogP contribution in [-0.4, -0.2) is 77.6 Å². The van der Waals surface area contributed by atoms with Crippen molar-refractivity contribution in [3.8, 4) is 0 Å². The minimum atomic E-state index is -0.00569. The van der Waals surface area contributed by atoms with Crippen molar-refractivity contribution in [2.45, 2.75) is 479 Å². The minimum absolute atomic E-state index is 0.00569. The Hall–Kier alpha value is -3.21. The average molecular weight is 1480 g/mol. The van der Waals surface area contributed by atoms with Gasteiger partial charge in [-0.15, -0.1) is 11.3 Å². The monoisotopic (exact) mass is 1480 g/mol. The Balaban J connectivity index is 0.000000613. The first kappa shape index (κ1) is 99.8. The number of hydrogen-bond donors (Lipinski definition) is 0. The summed E-state index contributed by atoms with van der Waals surface area (Å²) in [6, 6.07) is 3.05. The van der Waals surface area contributed by atoms with E-state index in [2.05, 4.69) is 400 Å². The molecule has 0 bridgehead atoms. The fourth-order valence-corrected chi connectivity index (χ4v) is 19.9. The Morgan fingerprint density at radius 2 is 0.724 bits per heavy atom. The summed E-state index contributed by atoms with van der Waals surface area (Å²) >= 11 is 1.84. The van der Waals surface area contributed by atoms with Gasteiger partial charge in [-0.25, -0.2) is 15.0 Å². The Bertz CT molecular complexity index is 3190. The zero-order valence-corrected chi connectivity index (χ0v) is 81.4. The fourth-order valence-electron chi connectivity index (χ4n) is 18.7. The molecule has 0 amide bonds. The summed E-state index contributed by atoms with van der Waals surface area (Å²) in [6.45, 7) is 126. The van der Waals surface area contributed by atoms with Gasteiger partial charge < -0.3 is 18.1 Å². The van der Waals surface area contributed by atoms with E-state index in [4.69, 9.17) is 23.5 Å². The zero-order chi connectivity index (χ0) is 84.1. The summed E-state index contributed by atoms with van der Waals surface area (Å²) in [5, 5.41) is 1.25. The van der Waals surface area contributed by atoms with Crippen LogP contribution in [0.2, 0.25) is 0 Å². The van der Waals surface area contributed by atoms with E-state index in [1.807, 2.05) is 18.3 Å². The number of furan rings is 1. The highest BCUT2D eigenvalue weighted by Crippen LogP contribution is 2.50. The average Bonchev–Trinajstić information content (AvgIpc) is 1.62. The molecule has 0 spiro atoms. The highest BCUT2D eigenvalue weighted by Gasteiger charge is 2.52. The second-order valence-corrected chi connectivity index (χ2v) is 48.4. The van der Waals surface area contributed by atoms with Gasteiger partial charge in [0.15, 0.2) is 11.8 Å². The van der Waals surface area contributed by atoms with Gasteiger partial charge in [0, 0.05) is 95.1 Å². The highest BCUT2D eigenvalue weighted by molar-refractivity contribution is 7.11. The van der Waals surface area contributed by atoms with Gasteiger partial charge >= 0.3 is 0 Å². The Morgan fingerprint density at radius 3 is 0.895 bits per heavy atom. The first-order valence-corrected chi connectivity index (χ1v) is 41.7. The number of likely N-dealkylation sites (tertiary alicyclic amines) is 2. The molecule has 0 radical (unpaired) electrons. The van der Waals surface area contributed by atoms with Gasteiger partial charge in [-0.2, -0.15) is 0 Å². The summed E-state index contributed by atoms with van der Waals surface area (Å²) in [4.78, 5) is 20.9. The van der Waals surface area contributed by atoms with Crippen LogP contribution in [0.25, 0.3) is 0 Å². The van der Waals surface area contributed by atoms with Crippen LogP contribution >= 0.6 is 11.3 Å². The number of aryl methyl sites for hydroxylation is 3. The van der Waals surface area contributed by atoms with Crippen LogP contribution in [0.4, 0.5) is 0 Å². The molecule has 612 valence electrons. The molecule has 3 aliphatic rings. The number of thiazole rings is 1. The van der Waals surface area contributed by atoms with Gasteiger partial charge in [0.25, 0.3) is 0 Å². The van der Waals surface area contributed by atoms with Crippen molar-refractivity contribution >= 4 is 17.2 Å². The lowest BCUT2D eigenvalue weighted by Crippen LogP contribution is -2.49. The standard InChI is InChI=1S/2C15H31N.C15H27N.C14H24O.C12H23NO.C12H21NO.C12H21NS/c3*1-10-11(2)16(15(7,8)9)12(3)13(10)14(4,5)6;1-9-11(13(3,4)5)10(2)15-12(9)14(6,7)8;3*1-8-9(11(2,3)4)13-10(14-8)12(5,6)7/h2*10-13H,1-9H3;1-9H3;1-8H3;8-9H,1-7H3;2*1-7H3. The van der Waals surface area contributed by atoms with Crippen LogP contribution in [0.15, 0.2) is 13.8 Å². The first-order valence-electron chi connectivity index (χ1n) is 40.9. The predicted molar refractivity (Wildman–Crippen MR) is 467 cm³/mol. The molecular weight excluding hydrogens is 1310 g/mol. The maximum atomic E-state index is 5.94. The van der Waals surface area contributed by atoms with Crippen LogP contribution in [0, 0.1) is 93.8 Å². The molecule has 3 aliphatic heterocycles. The number of nitrogens with zero attached hydrogens (tertiary/aromatic N) is 6. The predicted octanol–water partition coefficient (Wildman–Crippen LogP) is 28.2. The third-order valence-electron chi connectivity index (χ3n) is 21.9. The van der Waals surface area contributed by atoms with E-state index in [-0.39, 0.29) is 77.5 Å². The third kappa shape index (κ3) is 26.5. The normalized spacial score (nSPS) is 22.9. The maximum absolute atomic E-state index is 5.94. The van der Waals surface area contributed by atoms with Crippen LogP contribution < -0.4 is 0 Å². The quantitative estimate of drug-likeness (QED) is 0.173. The van der Waals surface area contributed by atoms with Crippen LogP contribution in [-0.2, 0) is 48.2 Å². The molecule has 10 heteroatoms. The van der Waals surface area contributed by atoms with Crippen molar-refractivity contribution in [2.24, 2.45) is 50.3 Å². The van der Waals surface area contributed by atoms with E-state index in [1.54, 1.807) is 0 Å². The fraction of sp³-hybridized carbons (Fsp3) is 0.842. The number of hydrogen-bond acceptors (Lipinski definition) is 9.